The van der Waals surface area contributed by atoms with Crippen LogP contribution in [0.2, 0.25) is 5.02 Å². The molecule has 3 aromatic rings. The Kier molecular flexibility index (Phi) is 5.57. The second-order valence-corrected chi connectivity index (χ2v) is 7.83. The fourth-order valence-electron chi connectivity index (χ4n) is 2.32. The smallest absolute Gasteiger partial charge is 0.337 e. The number of ether oxygens (including phenoxy) is 1. The first-order valence-corrected chi connectivity index (χ1v) is 9.80. The van der Waals surface area contributed by atoms with E-state index in [2.05, 4.69) is 9.71 Å². The summed E-state index contributed by atoms with van der Waals surface area (Å²) in [6.07, 6.45) is 1.32. The first-order chi connectivity index (χ1) is 13.3. The number of carboxylic acid groups (broad SMARTS) is 1. The van der Waals surface area contributed by atoms with Crippen LogP contribution in [0.3, 0.4) is 0 Å². The summed E-state index contributed by atoms with van der Waals surface area (Å²) >= 11 is 5.78. The quantitative estimate of drug-likeness (QED) is 0.595. The van der Waals surface area contributed by atoms with E-state index in [0.717, 1.165) is 0 Å². The van der Waals surface area contributed by atoms with E-state index in [0.29, 0.717) is 17.2 Å². The van der Waals surface area contributed by atoms with Gasteiger partial charge in [-0.05, 0) is 49.4 Å². The van der Waals surface area contributed by atoms with Crippen molar-refractivity contribution in [3.8, 4) is 5.75 Å². The summed E-state index contributed by atoms with van der Waals surface area (Å²) in [6.45, 7) is 1.94. The first kappa shape index (κ1) is 19.7. The van der Waals surface area contributed by atoms with Crippen molar-refractivity contribution in [2.24, 2.45) is 0 Å². The number of aromatic nitrogens is 1. The van der Waals surface area contributed by atoms with Crippen LogP contribution in [0.1, 0.15) is 21.8 Å². The topological polar surface area (TPSA) is 119 Å². The summed E-state index contributed by atoms with van der Waals surface area (Å²) in [5.41, 5.74) is 0.306. The first-order valence-electron chi connectivity index (χ1n) is 7.94. The van der Waals surface area contributed by atoms with Gasteiger partial charge in [-0.1, -0.05) is 11.6 Å². The highest BCUT2D eigenvalue weighted by molar-refractivity contribution is 7.92. The maximum absolute atomic E-state index is 12.6. The van der Waals surface area contributed by atoms with E-state index < -0.39 is 16.0 Å². The van der Waals surface area contributed by atoms with E-state index in [1.54, 1.807) is 6.92 Å². The summed E-state index contributed by atoms with van der Waals surface area (Å²) in [6, 6.07) is 9.54. The van der Waals surface area contributed by atoms with Crippen molar-refractivity contribution in [2.75, 3.05) is 4.72 Å². The van der Waals surface area contributed by atoms with Crippen LogP contribution in [0.15, 0.2) is 58.2 Å². The van der Waals surface area contributed by atoms with Crippen molar-refractivity contribution in [3.05, 3.63) is 70.9 Å². The van der Waals surface area contributed by atoms with Crippen LogP contribution in [0.4, 0.5) is 5.69 Å². The molecule has 0 fully saturated rings. The predicted molar refractivity (Wildman–Crippen MR) is 101 cm³/mol. The number of aryl methyl sites for hydroxylation is 1. The SMILES string of the molecule is Cc1ocnc1COc1ccc(S(=O)(=O)Nc2ccc(Cl)cc2C(=O)O)cc1. The number of carboxylic acids is 1. The maximum atomic E-state index is 12.6. The van der Waals surface area contributed by atoms with Crippen molar-refractivity contribution >= 4 is 33.3 Å². The Hall–Kier alpha value is -3.04. The second-order valence-electron chi connectivity index (χ2n) is 5.72. The van der Waals surface area contributed by atoms with Gasteiger partial charge < -0.3 is 14.3 Å². The molecular formula is C18H15ClN2O6S. The molecule has 0 radical (unpaired) electrons. The summed E-state index contributed by atoms with van der Waals surface area (Å²) in [4.78, 5) is 15.3. The molecule has 2 aromatic carbocycles. The van der Waals surface area contributed by atoms with Crippen molar-refractivity contribution in [2.45, 2.75) is 18.4 Å². The fraction of sp³-hybridized carbons (Fsp3) is 0.111. The van der Waals surface area contributed by atoms with E-state index in [1.807, 2.05) is 0 Å². The van der Waals surface area contributed by atoms with Gasteiger partial charge in [0, 0.05) is 5.02 Å². The molecule has 10 heteroatoms. The van der Waals surface area contributed by atoms with Gasteiger partial charge in [0.1, 0.15) is 23.8 Å². The number of anilines is 1. The van der Waals surface area contributed by atoms with Crippen molar-refractivity contribution in [3.63, 3.8) is 0 Å². The van der Waals surface area contributed by atoms with Gasteiger partial charge in [-0.15, -0.1) is 0 Å². The molecule has 0 atom stereocenters. The number of nitrogens with one attached hydrogen (secondary N) is 1. The summed E-state index contributed by atoms with van der Waals surface area (Å²) in [5.74, 6) is -0.216. The van der Waals surface area contributed by atoms with Crippen LogP contribution >= 0.6 is 11.6 Å². The lowest BCUT2D eigenvalue weighted by Crippen LogP contribution is -2.15. The largest absolute Gasteiger partial charge is 0.487 e. The predicted octanol–water partition coefficient (Wildman–Crippen LogP) is 3.71. The lowest BCUT2D eigenvalue weighted by Gasteiger charge is -2.11. The van der Waals surface area contributed by atoms with Crippen molar-refractivity contribution in [1.82, 2.24) is 4.98 Å². The standard InChI is InChI=1S/C18H15ClN2O6S/c1-11-17(20-10-27-11)9-26-13-3-5-14(6-4-13)28(24,25)21-16-7-2-12(19)8-15(16)18(22)23/h2-8,10,21H,9H2,1H3,(H,22,23). The minimum absolute atomic E-state index is 0.0521. The Labute approximate surface area is 165 Å². The zero-order valence-electron chi connectivity index (χ0n) is 14.5. The monoisotopic (exact) mass is 422 g/mol. The molecule has 3 rings (SSSR count). The Morgan fingerprint density at radius 1 is 1.25 bits per heavy atom. The lowest BCUT2D eigenvalue weighted by atomic mass is 10.2. The van der Waals surface area contributed by atoms with Gasteiger partial charge in [0.05, 0.1) is 16.1 Å². The van der Waals surface area contributed by atoms with Crippen LogP contribution in [-0.2, 0) is 16.6 Å². The summed E-state index contributed by atoms with van der Waals surface area (Å²) in [5, 5.41) is 9.41. The van der Waals surface area contributed by atoms with Crippen LogP contribution < -0.4 is 9.46 Å². The number of hydrogen-bond donors (Lipinski definition) is 2. The number of aromatic carboxylic acids is 1. The van der Waals surface area contributed by atoms with Gasteiger partial charge in [0.15, 0.2) is 6.39 Å². The Morgan fingerprint density at radius 3 is 2.57 bits per heavy atom. The molecule has 0 amide bonds. The zero-order valence-corrected chi connectivity index (χ0v) is 16.1. The van der Waals surface area contributed by atoms with Gasteiger partial charge >= 0.3 is 5.97 Å². The molecule has 1 heterocycles. The minimum Gasteiger partial charge on any atom is -0.487 e. The van der Waals surface area contributed by atoms with Gasteiger partial charge in [0.25, 0.3) is 10.0 Å². The van der Waals surface area contributed by atoms with E-state index in [1.165, 1.54) is 48.9 Å². The normalized spacial score (nSPS) is 11.2. The molecule has 2 N–H and O–H groups in total. The minimum atomic E-state index is -4.00. The number of sulfonamides is 1. The van der Waals surface area contributed by atoms with Crippen LogP contribution in [0.25, 0.3) is 0 Å². The molecular weight excluding hydrogens is 408 g/mol. The van der Waals surface area contributed by atoms with Gasteiger partial charge in [0.2, 0.25) is 0 Å². The molecule has 0 saturated carbocycles. The molecule has 0 unspecified atom stereocenters. The Balaban J connectivity index is 1.76. The number of hydrogen-bond acceptors (Lipinski definition) is 6. The molecule has 0 spiro atoms. The van der Waals surface area contributed by atoms with Gasteiger partial charge in [-0.25, -0.2) is 18.2 Å². The highest BCUT2D eigenvalue weighted by atomic mass is 35.5. The van der Waals surface area contributed by atoms with Crippen LogP contribution in [-0.4, -0.2) is 24.5 Å². The number of rotatable bonds is 7. The van der Waals surface area contributed by atoms with Crippen LogP contribution in [0, 0.1) is 6.92 Å². The summed E-state index contributed by atoms with van der Waals surface area (Å²) < 4.78 is 38.0. The van der Waals surface area contributed by atoms with E-state index in [9.17, 15) is 18.3 Å². The molecule has 0 bridgehead atoms. The molecule has 8 nitrogen and oxygen atoms in total. The Morgan fingerprint density at radius 2 is 1.96 bits per heavy atom. The number of nitrogens with zero attached hydrogens (tertiary/aromatic N) is 1. The van der Waals surface area contributed by atoms with E-state index >= 15 is 0 Å². The number of halogens is 1. The zero-order chi connectivity index (χ0) is 20.3. The fourth-order valence-corrected chi connectivity index (χ4v) is 3.57. The van der Waals surface area contributed by atoms with Gasteiger partial charge in [-0.3, -0.25) is 4.72 Å². The molecule has 0 aliphatic carbocycles. The number of oxazole rings is 1. The molecule has 0 saturated heterocycles. The van der Waals surface area contributed by atoms with Crippen molar-refractivity contribution < 1.29 is 27.5 Å². The third kappa shape index (κ3) is 4.44. The van der Waals surface area contributed by atoms with E-state index in [-0.39, 0.29) is 27.8 Å². The maximum Gasteiger partial charge on any atom is 0.337 e. The second kappa shape index (κ2) is 7.91. The number of benzene rings is 2. The Bertz CT molecular complexity index is 1110. The van der Waals surface area contributed by atoms with Gasteiger partial charge in [-0.2, -0.15) is 0 Å². The summed E-state index contributed by atoms with van der Waals surface area (Å²) in [7, 11) is -4.00. The molecule has 0 aliphatic heterocycles. The third-order valence-electron chi connectivity index (χ3n) is 3.81. The molecule has 28 heavy (non-hydrogen) atoms. The third-order valence-corrected chi connectivity index (χ3v) is 5.43. The number of carbonyl (C=O) groups is 1. The van der Waals surface area contributed by atoms with E-state index in [4.69, 9.17) is 20.8 Å². The van der Waals surface area contributed by atoms with Crippen LogP contribution in [0.5, 0.6) is 5.75 Å². The molecule has 1 aromatic heterocycles. The highest BCUT2D eigenvalue weighted by Gasteiger charge is 2.19. The average Bonchev–Trinajstić information content (AvgIpc) is 3.06. The molecule has 146 valence electrons. The highest BCUT2D eigenvalue weighted by Crippen LogP contribution is 2.25. The average molecular weight is 423 g/mol. The lowest BCUT2D eigenvalue weighted by molar-refractivity contribution is 0.0698. The van der Waals surface area contributed by atoms with Crippen molar-refractivity contribution in [1.29, 1.82) is 0 Å². The molecule has 0 aliphatic rings.